The summed E-state index contributed by atoms with van der Waals surface area (Å²) in [6.07, 6.45) is -15.0. The van der Waals surface area contributed by atoms with Crippen molar-refractivity contribution in [2.24, 2.45) is 0 Å². The lowest BCUT2D eigenvalue weighted by Crippen LogP contribution is -2.60. The topological polar surface area (TPSA) is 252 Å². The van der Waals surface area contributed by atoms with Gasteiger partial charge < -0.3 is 74.7 Å². The van der Waals surface area contributed by atoms with E-state index in [-0.39, 0.29) is 34.3 Å². The molecule has 0 radical (unpaired) electrons. The number of benzene rings is 2. The Hall–Kier alpha value is -3.22. The Labute approximate surface area is 238 Å². The van der Waals surface area contributed by atoms with E-state index in [0.29, 0.717) is 5.56 Å². The van der Waals surface area contributed by atoms with E-state index in [1.54, 1.807) is 12.1 Å². The van der Waals surface area contributed by atoms with Gasteiger partial charge in [0.2, 0.25) is 12.6 Å². The van der Waals surface area contributed by atoms with Crippen LogP contribution in [-0.4, -0.2) is 130 Å². The number of hydrogen-bond donors (Lipinski definition) is 10. The summed E-state index contributed by atoms with van der Waals surface area (Å²) in [4.78, 5) is 0. The van der Waals surface area contributed by atoms with Crippen molar-refractivity contribution in [1.82, 2.24) is 0 Å². The number of ether oxygens (including phenoxy) is 5. The lowest BCUT2D eigenvalue weighted by atomic mass is 9.98. The molecule has 0 aromatic heterocycles. The molecule has 2 saturated heterocycles. The van der Waals surface area contributed by atoms with Crippen LogP contribution in [0.15, 0.2) is 42.2 Å². The van der Waals surface area contributed by atoms with Gasteiger partial charge in [0.1, 0.15) is 71.6 Å². The molecule has 2 aromatic rings. The van der Waals surface area contributed by atoms with E-state index in [9.17, 15) is 51.1 Å². The zero-order chi connectivity index (χ0) is 30.3. The molecule has 0 aliphatic carbocycles. The van der Waals surface area contributed by atoms with Crippen molar-refractivity contribution in [3.63, 3.8) is 0 Å². The average Bonchev–Trinajstić information content (AvgIpc) is 2.98. The molecule has 42 heavy (non-hydrogen) atoms. The van der Waals surface area contributed by atoms with E-state index >= 15 is 0 Å². The van der Waals surface area contributed by atoms with E-state index in [2.05, 4.69) is 4.74 Å². The van der Waals surface area contributed by atoms with Crippen molar-refractivity contribution in [3.05, 3.63) is 53.3 Å². The van der Waals surface area contributed by atoms with Gasteiger partial charge in [-0.2, -0.15) is 0 Å². The predicted molar refractivity (Wildman–Crippen MR) is 138 cm³/mol. The van der Waals surface area contributed by atoms with E-state index in [0.717, 1.165) is 0 Å². The molecule has 15 nitrogen and oxygen atoms in total. The molecule has 11 N–H and O–H groups in total. The van der Waals surface area contributed by atoms with Gasteiger partial charge in [0.05, 0.1) is 24.8 Å². The number of phenolic OH excluding ortho intramolecular Hbond substituents is 2. The Morgan fingerprint density at radius 2 is 1.24 bits per heavy atom. The summed E-state index contributed by atoms with van der Waals surface area (Å²) < 4.78 is 27.0. The zero-order valence-electron chi connectivity index (χ0n) is 21.9. The van der Waals surface area contributed by atoms with Gasteiger partial charge in [-0.15, -0.1) is 0 Å². The molecule has 0 amide bonds. The first kappa shape index (κ1) is 30.2. The van der Waals surface area contributed by atoms with Crippen molar-refractivity contribution < 1.29 is 74.7 Å². The molecule has 3 aliphatic rings. The number of aromatic hydroxyl groups is 3. The summed E-state index contributed by atoms with van der Waals surface area (Å²) >= 11 is 0. The molecule has 230 valence electrons. The van der Waals surface area contributed by atoms with Crippen LogP contribution in [0.25, 0.3) is 6.08 Å². The van der Waals surface area contributed by atoms with Crippen molar-refractivity contribution in [2.45, 2.75) is 67.5 Å². The standard InChI is InChI=1S/C27H32O15/c28-8-17-19(32)21(34)23(36)26(41-17)38-12-5-14(31)13-7-16(40-27-24(37)22(35)20(33)18(9-29)42-27)25(39-15(13)6-12)10-1-3-11(30)4-2-10/h1-7,17-37H,8-9H2/p+1/t17-,18-,19-,20-,21+,22+,23-,24+,25?,26-,27-/m1/s1. The zero-order valence-corrected chi connectivity index (χ0v) is 21.9. The highest BCUT2D eigenvalue weighted by Gasteiger charge is 2.47. The molecule has 15 heteroatoms. The third kappa shape index (κ3) is 5.71. The van der Waals surface area contributed by atoms with E-state index in [1.807, 2.05) is 0 Å². The maximum Gasteiger partial charge on any atom is 0.270 e. The van der Waals surface area contributed by atoms with Gasteiger partial charge >= 0.3 is 0 Å². The van der Waals surface area contributed by atoms with Crippen LogP contribution >= 0.6 is 0 Å². The second-order valence-electron chi connectivity index (χ2n) is 10.2. The normalized spacial score (nSPS) is 36.4. The molecule has 0 spiro atoms. The summed E-state index contributed by atoms with van der Waals surface area (Å²) in [5.74, 6) is -0.224. The van der Waals surface area contributed by atoms with E-state index in [4.69, 9.17) is 18.9 Å². The van der Waals surface area contributed by atoms with Gasteiger partial charge in [-0.05, 0) is 24.3 Å². The number of fused-ring (bicyclic) bond motifs is 1. The van der Waals surface area contributed by atoms with Crippen LogP contribution < -0.4 is 4.74 Å². The molecule has 0 bridgehead atoms. The van der Waals surface area contributed by atoms with Crippen LogP contribution in [0.1, 0.15) is 17.2 Å². The van der Waals surface area contributed by atoms with Gasteiger partial charge in [0.15, 0.2) is 5.76 Å². The molecule has 3 aliphatic heterocycles. The number of aliphatic hydroxyl groups is 9. The Kier molecular flexibility index (Phi) is 8.77. The molecular formula is C27H33O15+. The first-order valence-electron chi connectivity index (χ1n) is 13.0. The largest absolute Gasteiger partial charge is 0.571 e. The predicted octanol–water partition coefficient (Wildman–Crippen LogP) is -2.57. The quantitative estimate of drug-likeness (QED) is 0.147. The summed E-state index contributed by atoms with van der Waals surface area (Å²) in [5.41, 5.74) is 0.639. The second kappa shape index (κ2) is 12.2. The lowest BCUT2D eigenvalue weighted by Gasteiger charge is -2.40. The number of rotatable bonds is 7. The smallest absolute Gasteiger partial charge is 0.270 e. The number of phenols is 2. The maximum atomic E-state index is 10.9. The Morgan fingerprint density at radius 3 is 1.79 bits per heavy atom. The minimum atomic E-state index is -1.71. The molecule has 3 heterocycles. The first-order chi connectivity index (χ1) is 20.0. The third-order valence-electron chi connectivity index (χ3n) is 7.34. The highest BCUT2D eigenvalue weighted by atomic mass is 16.7. The minimum Gasteiger partial charge on any atom is -0.571 e. The number of aliphatic hydroxyl groups excluding tert-OH is 8. The summed E-state index contributed by atoms with van der Waals surface area (Å²) in [7, 11) is 0. The molecule has 11 atom stereocenters. The minimum absolute atomic E-state index is 0.0248. The van der Waals surface area contributed by atoms with Gasteiger partial charge in [-0.1, -0.05) is 0 Å². The molecule has 5 rings (SSSR count). The molecule has 2 aromatic carbocycles. The Bertz CT molecular complexity index is 1260. The van der Waals surface area contributed by atoms with Crippen molar-refractivity contribution in [3.8, 4) is 23.0 Å². The van der Waals surface area contributed by atoms with Crippen LogP contribution in [0, 0.1) is 0 Å². The molecule has 0 saturated carbocycles. The summed E-state index contributed by atoms with van der Waals surface area (Å²) in [6.45, 7) is -1.33. The monoisotopic (exact) mass is 597 g/mol. The second-order valence-corrected chi connectivity index (χ2v) is 10.2. The fraction of sp³-hybridized carbons (Fsp3) is 0.481. The van der Waals surface area contributed by atoms with Crippen LogP contribution in [0.2, 0.25) is 0 Å². The maximum absolute atomic E-state index is 10.9. The molecule has 2 fully saturated rings. The molecule has 1 unspecified atom stereocenters. The van der Waals surface area contributed by atoms with Crippen molar-refractivity contribution in [2.75, 3.05) is 13.2 Å². The Morgan fingerprint density at radius 1 is 0.690 bits per heavy atom. The average molecular weight is 598 g/mol. The van der Waals surface area contributed by atoms with Gasteiger partial charge in [-0.25, -0.2) is 0 Å². The summed E-state index contributed by atoms with van der Waals surface area (Å²) in [6, 6.07) is 8.47. The van der Waals surface area contributed by atoms with Crippen molar-refractivity contribution in [1.29, 1.82) is 0 Å². The van der Waals surface area contributed by atoms with E-state index in [1.165, 1.54) is 30.3 Å². The van der Waals surface area contributed by atoms with Crippen LogP contribution in [0.3, 0.4) is 0 Å². The third-order valence-corrected chi connectivity index (χ3v) is 7.34. The van der Waals surface area contributed by atoms with Crippen LogP contribution in [0.5, 0.6) is 23.0 Å². The van der Waals surface area contributed by atoms with Crippen molar-refractivity contribution >= 4 is 6.08 Å². The first-order valence-corrected chi connectivity index (χ1v) is 13.0. The van der Waals surface area contributed by atoms with E-state index < -0.39 is 80.7 Å². The summed E-state index contributed by atoms with van der Waals surface area (Å²) in [5, 5.41) is 101. The van der Waals surface area contributed by atoms with Gasteiger partial charge in [-0.3, -0.25) is 0 Å². The van der Waals surface area contributed by atoms with Gasteiger partial charge in [0, 0.05) is 12.1 Å². The highest BCUT2D eigenvalue weighted by Crippen LogP contribution is 2.46. The van der Waals surface area contributed by atoms with Gasteiger partial charge in [0.25, 0.3) is 11.9 Å². The highest BCUT2D eigenvalue weighted by molar-refractivity contribution is 5.69. The lowest BCUT2D eigenvalue weighted by molar-refractivity contribution is -0.295. The Balaban J connectivity index is 1.46. The number of hydrogen-bond acceptors (Lipinski definition) is 14. The molecular weight excluding hydrogens is 564 g/mol. The SMILES string of the molecule is OC[C@H]1O[C@@H](OC2=Cc3c(O)cc(O[C@@H]4O[C@H](CO)[C@@H](O)[C@H](O)[C@H]4O)cc3[OH+]C2c2ccc(O)cc2)[C@@H](O)[C@@H](O)[C@@H]1O. The fourth-order valence-electron chi connectivity index (χ4n) is 4.94. The van der Waals surface area contributed by atoms with Crippen LogP contribution in [-0.2, 0) is 14.2 Å². The van der Waals surface area contributed by atoms with Crippen LogP contribution in [0.4, 0.5) is 0 Å². The fourth-order valence-corrected chi connectivity index (χ4v) is 4.94.